The molecule has 138 valence electrons. The Balaban J connectivity index is 2.06. The highest BCUT2D eigenvalue weighted by molar-refractivity contribution is 6.74. The molecule has 4 atom stereocenters. The summed E-state index contributed by atoms with van der Waals surface area (Å²) in [6.07, 6.45) is 0.771. The quantitative estimate of drug-likeness (QED) is 0.604. The Morgan fingerprint density at radius 2 is 2.00 bits per heavy atom. The predicted molar refractivity (Wildman–Crippen MR) is 93.1 cm³/mol. The number of piperidine rings is 1. The summed E-state index contributed by atoms with van der Waals surface area (Å²) in [6.45, 7) is 13.4. The van der Waals surface area contributed by atoms with Crippen molar-refractivity contribution in [1.29, 1.82) is 0 Å². The van der Waals surface area contributed by atoms with Crippen LogP contribution in [0.15, 0.2) is 10.3 Å². The van der Waals surface area contributed by atoms with Crippen molar-refractivity contribution in [3.05, 3.63) is 0 Å². The van der Waals surface area contributed by atoms with E-state index in [2.05, 4.69) is 44.2 Å². The largest absolute Gasteiger partial charge is 0.464 e. The van der Waals surface area contributed by atoms with Crippen LogP contribution in [-0.4, -0.2) is 61.8 Å². The van der Waals surface area contributed by atoms with Crippen molar-refractivity contribution in [3.63, 3.8) is 0 Å². The first-order valence-corrected chi connectivity index (χ1v) is 11.7. The number of aliphatic hydroxyl groups is 1. The van der Waals surface area contributed by atoms with Crippen LogP contribution in [-0.2, 0) is 14.0 Å². The van der Waals surface area contributed by atoms with Crippen LogP contribution in [0.25, 0.3) is 0 Å². The summed E-state index contributed by atoms with van der Waals surface area (Å²) in [4.78, 5) is 12.0. The SMILES string of the molecule is CCOC(=O)[C@H]1N=NN2[C@@H]1CC[C@H](O)[C@H]2CO[Si](C)(C)C(C)(C)C. The number of aliphatic hydroxyl groups excluding tert-OH is 1. The van der Waals surface area contributed by atoms with Crippen LogP contribution in [0.2, 0.25) is 18.1 Å². The average Bonchev–Trinajstić information content (AvgIpc) is 2.89. The summed E-state index contributed by atoms with van der Waals surface area (Å²) in [7, 11) is -1.92. The second-order valence-electron chi connectivity index (χ2n) is 8.13. The van der Waals surface area contributed by atoms with Crippen molar-refractivity contribution in [3.8, 4) is 0 Å². The van der Waals surface area contributed by atoms with E-state index in [9.17, 15) is 9.90 Å². The molecular weight excluding hydrogens is 326 g/mol. The number of hydrogen-bond donors (Lipinski definition) is 1. The first-order valence-electron chi connectivity index (χ1n) is 8.76. The first-order chi connectivity index (χ1) is 11.1. The van der Waals surface area contributed by atoms with Gasteiger partial charge in [-0.3, -0.25) is 5.01 Å². The number of carbonyl (C=O) groups is 1. The molecule has 2 aliphatic rings. The second-order valence-corrected chi connectivity index (χ2v) is 12.9. The fourth-order valence-corrected chi connectivity index (χ4v) is 3.87. The van der Waals surface area contributed by atoms with Crippen molar-refractivity contribution in [2.24, 2.45) is 10.3 Å². The Kier molecular flexibility index (Phi) is 5.71. The molecule has 0 aliphatic carbocycles. The minimum atomic E-state index is -1.92. The van der Waals surface area contributed by atoms with Crippen molar-refractivity contribution in [2.75, 3.05) is 13.2 Å². The topological polar surface area (TPSA) is 83.7 Å². The first kappa shape index (κ1) is 19.3. The van der Waals surface area contributed by atoms with Crippen LogP contribution in [0.1, 0.15) is 40.5 Å². The van der Waals surface area contributed by atoms with Crippen molar-refractivity contribution < 1.29 is 19.1 Å². The van der Waals surface area contributed by atoms with Gasteiger partial charge in [-0.25, -0.2) is 4.79 Å². The fourth-order valence-electron chi connectivity index (χ4n) is 2.85. The molecule has 0 saturated carbocycles. The highest BCUT2D eigenvalue weighted by Crippen LogP contribution is 2.38. The van der Waals surface area contributed by atoms with Gasteiger partial charge >= 0.3 is 5.97 Å². The van der Waals surface area contributed by atoms with Crippen LogP contribution in [0.3, 0.4) is 0 Å². The molecule has 1 N–H and O–H groups in total. The summed E-state index contributed by atoms with van der Waals surface area (Å²) < 4.78 is 11.4. The molecule has 24 heavy (non-hydrogen) atoms. The molecular formula is C16H31N3O4Si. The van der Waals surface area contributed by atoms with Gasteiger partial charge in [0.25, 0.3) is 0 Å². The normalized spacial score (nSPS) is 30.4. The van der Waals surface area contributed by atoms with Gasteiger partial charge in [-0.1, -0.05) is 26.0 Å². The molecule has 0 aromatic carbocycles. The van der Waals surface area contributed by atoms with Crippen LogP contribution < -0.4 is 0 Å². The van der Waals surface area contributed by atoms with Crippen LogP contribution >= 0.6 is 0 Å². The lowest BCUT2D eigenvalue weighted by Gasteiger charge is -2.42. The Bertz CT molecular complexity index is 492. The van der Waals surface area contributed by atoms with Gasteiger partial charge < -0.3 is 14.3 Å². The molecule has 1 fully saturated rings. The second kappa shape index (κ2) is 7.09. The maximum absolute atomic E-state index is 12.0. The lowest BCUT2D eigenvalue weighted by atomic mass is 9.91. The average molecular weight is 358 g/mol. The monoisotopic (exact) mass is 357 g/mol. The molecule has 2 aliphatic heterocycles. The number of esters is 1. The van der Waals surface area contributed by atoms with E-state index in [0.29, 0.717) is 26.1 Å². The highest BCUT2D eigenvalue weighted by atomic mass is 28.4. The molecule has 2 rings (SSSR count). The Morgan fingerprint density at radius 3 is 2.58 bits per heavy atom. The number of rotatable bonds is 5. The molecule has 0 radical (unpaired) electrons. The maximum atomic E-state index is 12.0. The summed E-state index contributed by atoms with van der Waals surface area (Å²) in [5, 5.41) is 20.6. The van der Waals surface area contributed by atoms with Crippen molar-refractivity contribution in [2.45, 2.75) is 82.9 Å². The van der Waals surface area contributed by atoms with Gasteiger partial charge in [0.05, 0.1) is 31.4 Å². The van der Waals surface area contributed by atoms with E-state index in [0.717, 1.165) is 0 Å². The summed E-state index contributed by atoms with van der Waals surface area (Å²) >= 11 is 0. The molecule has 0 aromatic heterocycles. The zero-order chi connectivity index (χ0) is 18.1. The molecule has 0 amide bonds. The number of ether oxygens (including phenoxy) is 1. The highest BCUT2D eigenvalue weighted by Gasteiger charge is 2.48. The van der Waals surface area contributed by atoms with E-state index in [4.69, 9.17) is 9.16 Å². The molecule has 0 aromatic rings. The van der Waals surface area contributed by atoms with Crippen LogP contribution in [0, 0.1) is 0 Å². The lowest BCUT2D eigenvalue weighted by molar-refractivity contribution is -0.146. The van der Waals surface area contributed by atoms with Crippen molar-refractivity contribution in [1.82, 2.24) is 5.01 Å². The Labute approximate surface area is 145 Å². The molecule has 0 spiro atoms. The molecule has 8 heteroatoms. The van der Waals surface area contributed by atoms with Gasteiger partial charge in [0.1, 0.15) is 0 Å². The van der Waals surface area contributed by atoms with Gasteiger partial charge in [0.2, 0.25) is 0 Å². The molecule has 2 heterocycles. The Hall–Kier alpha value is -0.993. The van der Waals surface area contributed by atoms with Gasteiger partial charge in [-0.15, -0.1) is 0 Å². The minimum Gasteiger partial charge on any atom is -0.464 e. The minimum absolute atomic E-state index is 0.103. The van der Waals surface area contributed by atoms with Crippen LogP contribution in [0.5, 0.6) is 0 Å². The fraction of sp³-hybridized carbons (Fsp3) is 0.938. The van der Waals surface area contributed by atoms with Crippen molar-refractivity contribution >= 4 is 14.3 Å². The number of carbonyl (C=O) groups excluding carboxylic acids is 1. The third kappa shape index (κ3) is 3.81. The summed E-state index contributed by atoms with van der Waals surface area (Å²) in [5.41, 5.74) is 0. The number of fused-ring (bicyclic) bond motifs is 1. The van der Waals surface area contributed by atoms with Crippen LogP contribution in [0.4, 0.5) is 0 Å². The maximum Gasteiger partial charge on any atom is 0.335 e. The van der Waals surface area contributed by atoms with E-state index in [1.165, 1.54) is 0 Å². The third-order valence-corrected chi connectivity index (χ3v) is 9.98. The lowest BCUT2D eigenvalue weighted by Crippen LogP contribution is -2.56. The zero-order valence-electron chi connectivity index (χ0n) is 15.7. The van der Waals surface area contributed by atoms with E-state index in [-0.39, 0.29) is 23.1 Å². The van der Waals surface area contributed by atoms with Gasteiger partial charge in [0, 0.05) is 0 Å². The van der Waals surface area contributed by atoms with Gasteiger partial charge in [0.15, 0.2) is 14.4 Å². The summed E-state index contributed by atoms with van der Waals surface area (Å²) in [5.74, 6) is -0.339. The summed E-state index contributed by atoms with van der Waals surface area (Å²) in [6, 6.07) is -0.991. The molecule has 0 unspecified atom stereocenters. The smallest absolute Gasteiger partial charge is 0.335 e. The van der Waals surface area contributed by atoms with E-state index >= 15 is 0 Å². The van der Waals surface area contributed by atoms with E-state index < -0.39 is 20.5 Å². The number of nitrogens with zero attached hydrogens (tertiary/aromatic N) is 3. The molecule has 7 nitrogen and oxygen atoms in total. The Morgan fingerprint density at radius 1 is 1.33 bits per heavy atom. The zero-order valence-corrected chi connectivity index (χ0v) is 16.7. The molecule has 1 saturated heterocycles. The number of hydrogen-bond acceptors (Lipinski definition) is 7. The van der Waals surface area contributed by atoms with E-state index in [1.54, 1.807) is 11.9 Å². The van der Waals surface area contributed by atoms with E-state index in [1.807, 2.05) is 0 Å². The van der Waals surface area contributed by atoms with Gasteiger partial charge in [-0.05, 0) is 37.9 Å². The predicted octanol–water partition coefficient (Wildman–Crippen LogP) is 2.51. The molecule has 0 bridgehead atoms. The van der Waals surface area contributed by atoms with Gasteiger partial charge in [-0.2, -0.15) is 5.11 Å². The standard InChI is InChI=1S/C16H31N3O4Si/c1-7-22-15(21)14-11-8-9-13(20)12(19(11)18-17-14)10-23-24(5,6)16(2,3)4/h11-14,20H,7-10H2,1-6H3/t11-,12-,13+,14+/m1/s1. The third-order valence-electron chi connectivity index (χ3n) is 5.47.